The highest BCUT2D eigenvalue weighted by Crippen LogP contribution is 2.23. The van der Waals surface area contributed by atoms with Crippen molar-refractivity contribution in [2.45, 2.75) is 26.3 Å². The minimum atomic E-state index is -1.39. The van der Waals surface area contributed by atoms with Crippen molar-refractivity contribution in [1.29, 1.82) is 0 Å². The van der Waals surface area contributed by atoms with Crippen molar-refractivity contribution in [3.05, 3.63) is 62.6 Å². The van der Waals surface area contributed by atoms with E-state index in [1.165, 1.54) is 12.3 Å². The molecule has 0 radical (unpaired) electrons. The number of carbonyl (C=O) groups is 2. The van der Waals surface area contributed by atoms with Crippen molar-refractivity contribution in [3.63, 3.8) is 0 Å². The molecule has 0 aliphatic carbocycles. The molecule has 1 heterocycles. The maximum Gasteiger partial charge on any atom is 0.275 e. The lowest BCUT2D eigenvalue weighted by Gasteiger charge is -2.35. The summed E-state index contributed by atoms with van der Waals surface area (Å²) in [5.74, 6) is -5.97. The Hall–Kier alpha value is -2.13. The summed E-state index contributed by atoms with van der Waals surface area (Å²) in [6, 6.07) is 2.13. The first kappa shape index (κ1) is 21.2. The largest absolute Gasteiger partial charge is 0.275 e. The molecule has 0 fully saturated rings. The molecule has 0 atom stereocenters. The second kappa shape index (κ2) is 7.85. The van der Waals surface area contributed by atoms with Gasteiger partial charge in [0, 0.05) is 22.8 Å². The molecule has 2 aromatic rings. The smallest absolute Gasteiger partial charge is 0.267 e. The molecule has 1 aromatic heterocycles. The summed E-state index contributed by atoms with van der Waals surface area (Å²) in [5.41, 5.74) is 0.108. The predicted octanol–water partition coefficient (Wildman–Crippen LogP) is 4.50. The average molecular weight is 465 g/mol. The minimum Gasteiger partial charge on any atom is -0.267 e. The van der Waals surface area contributed by atoms with E-state index in [4.69, 9.17) is 11.6 Å². The SMILES string of the molecule is CC(C)(C)N(NC(=O)c1c(F)cc(F)cc1F)C(=O)c1cc(Br)cnc1Cl. The lowest BCUT2D eigenvalue weighted by molar-refractivity contribution is 0.0355. The second-order valence-corrected chi connectivity index (χ2v) is 7.76. The molecule has 1 aromatic carbocycles. The summed E-state index contributed by atoms with van der Waals surface area (Å²) in [7, 11) is 0. The highest BCUT2D eigenvalue weighted by Gasteiger charge is 2.32. The Bertz CT molecular complexity index is 896. The molecule has 0 spiro atoms. The highest BCUT2D eigenvalue weighted by atomic mass is 79.9. The van der Waals surface area contributed by atoms with Crippen LogP contribution in [0.15, 0.2) is 28.9 Å². The molecule has 0 saturated heterocycles. The number of hydrazine groups is 1. The fourth-order valence-corrected chi connectivity index (χ4v) is 2.65. The zero-order valence-corrected chi connectivity index (χ0v) is 16.8. The van der Waals surface area contributed by atoms with Crippen LogP contribution < -0.4 is 5.43 Å². The van der Waals surface area contributed by atoms with E-state index in [9.17, 15) is 22.8 Å². The van der Waals surface area contributed by atoms with E-state index in [1.54, 1.807) is 20.8 Å². The van der Waals surface area contributed by atoms with Crippen LogP contribution in [0.25, 0.3) is 0 Å². The van der Waals surface area contributed by atoms with Gasteiger partial charge in [0.2, 0.25) is 0 Å². The number of hydrogen-bond acceptors (Lipinski definition) is 3. The van der Waals surface area contributed by atoms with Gasteiger partial charge in [0.25, 0.3) is 11.8 Å². The van der Waals surface area contributed by atoms with Gasteiger partial charge in [-0.2, -0.15) is 0 Å². The third-order valence-electron chi connectivity index (χ3n) is 3.36. The van der Waals surface area contributed by atoms with Gasteiger partial charge in [-0.05, 0) is 42.8 Å². The molecule has 0 aliphatic heterocycles. The Morgan fingerprint density at radius 2 is 1.70 bits per heavy atom. The molecule has 1 N–H and O–H groups in total. The third-order valence-corrected chi connectivity index (χ3v) is 4.09. The van der Waals surface area contributed by atoms with Crippen molar-refractivity contribution < 1.29 is 22.8 Å². The molecular formula is C17H14BrClF3N3O2. The first-order valence-corrected chi connectivity index (χ1v) is 8.70. The first-order chi connectivity index (χ1) is 12.4. The third kappa shape index (κ3) is 4.78. The number of nitrogens with zero attached hydrogens (tertiary/aromatic N) is 2. The van der Waals surface area contributed by atoms with E-state index in [-0.39, 0.29) is 10.7 Å². The number of aromatic nitrogens is 1. The number of pyridine rings is 1. The van der Waals surface area contributed by atoms with Crippen molar-refractivity contribution in [2.75, 3.05) is 0 Å². The summed E-state index contributed by atoms with van der Waals surface area (Å²) in [6.45, 7) is 4.76. The molecule has 0 unspecified atom stereocenters. The summed E-state index contributed by atoms with van der Waals surface area (Å²) < 4.78 is 41.3. The van der Waals surface area contributed by atoms with Crippen LogP contribution in [0.1, 0.15) is 41.5 Å². The maximum absolute atomic E-state index is 13.9. The molecule has 0 aliphatic rings. The molecule has 0 saturated carbocycles. The van der Waals surface area contributed by atoms with Gasteiger partial charge in [-0.1, -0.05) is 11.6 Å². The monoisotopic (exact) mass is 463 g/mol. The first-order valence-electron chi connectivity index (χ1n) is 7.53. The van der Waals surface area contributed by atoms with Crippen LogP contribution in [0, 0.1) is 17.5 Å². The fourth-order valence-electron chi connectivity index (χ4n) is 2.13. The van der Waals surface area contributed by atoms with Crippen LogP contribution in [-0.4, -0.2) is 27.3 Å². The van der Waals surface area contributed by atoms with Crippen molar-refractivity contribution >= 4 is 39.3 Å². The van der Waals surface area contributed by atoms with E-state index >= 15 is 0 Å². The lowest BCUT2D eigenvalue weighted by atomic mass is 10.1. The van der Waals surface area contributed by atoms with Gasteiger partial charge in [-0.15, -0.1) is 0 Å². The zero-order valence-electron chi connectivity index (χ0n) is 14.4. The highest BCUT2D eigenvalue weighted by molar-refractivity contribution is 9.10. The van der Waals surface area contributed by atoms with Crippen LogP contribution in [0.4, 0.5) is 13.2 Å². The van der Waals surface area contributed by atoms with Crippen LogP contribution in [0.3, 0.4) is 0 Å². The van der Waals surface area contributed by atoms with E-state index < -0.39 is 40.4 Å². The van der Waals surface area contributed by atoms with Crippen molar-refractivity contribution in [2.24, 2.45) is 0 Å². The number of halogens is 5. The Kier molecular flexibility index (Phi) is 6.16. The van der Waals surface area contributed by atoms with Gasteiger partial charge in [0.1, 0.15) is 28.2 Å². The van der Waals surface area contributed by atoms with Gasteiger partial charge >= 0.3 is 0 Å². The van der Waals surface area contributed by atoms with Gasteiger partial charge in [0.15, 0.2) is 0 Å². The van der Waals surface area contributed by atoms with E-state index in [1.807, 2.05) is 0 Å². The molecule has 0 bridgehead atoms. The van der Waals surface area contributed by atoms with Crippen LogP contribution in [0.5, 0.6) is 0 Å². The maximum atomic E-state index is 13.9. The summed E-state index contributed by atoms with van der Waals surface area (Å²) in [4.78, 5) is 29.1. The Balaban J connectivity index is 2.43. The molecular weight excluding hydrogens is 451 g/mol. The average Bonchev–Trinajstić information content (AvgIpc) is 2.52. The molecule has 10 heteroatoms. The van der Waals surface area contributed by atoms with E-state index in [2.05, 4.69) is 26.3 Å². The molecule has 5 nitrogen and oxygen atoms in total. The van der Waals surface area contributed by atoms with Crippen LogP contribution >= 0.6 is 27.5 Å². The molecule has 2 rings (SSSR count). The number of hydrogen-bond donors (Lipinski definition) is 1. The number of amides is 2. The van der Waals surface area contributed by atoms with Gasteiger partial charge in [-0.25, -0.2) is 23.2 Å². The van der Waals surface area contributed by atoms with Crippen LogP contribution in [-0.2, 0) is 0 Å². The normalized spacial score (nSPS) is 11.3. The number of benzene rings is 1. The van der Waals surface area contributed by atoms with Gasteiger partial charge in [-0.3, -0.25) is 15.0 Å². The number of rotatable bonds is 2. The summed E-state index contributed by atoms with van der Waals surface area (Å²) in [5, 5.41) is 0.748. The number of nitrogens with one attached hydrogen (secondary N) is 1. The quantitative estimate of drug-likeness (QED) is 0.526. The zero-order chi connectivity index (χ0) is 20.5. The summed E-state index contributed by atoms with van der Waals surface area (Å²) >= 11 is 9.12. The fraction of sp³-hybridized carbons (Fsp3) is 0.235. The Morgan fingerprint density at radius 1 is 1.15 bits per heavy atom. The molecule has 144 valence electrons. The van der Waals surface area contributed by atoms with E-state index in [0.717, 1.165) is 5.01 Å². The predicted molar refractivity (Wildman–Crippen MR) is 96.7 cm³/mol. The number of carbonyl (C=O) groups excluding carboxylic acids is 2. The standard InChI is InChI=1S/C17H14BrClF3N3O2/c1-17(2,3)25(16(27)10-4-8(18)7-23-14(10)19)24-15(26)13-11(21)5-9(20)6-12(13)22/h4-7H,1-3H3,(H,24,26). The molecule has 2 amide bonds. The van der Waals surface area contributed by atoms with Gasteiger partial charge < -0.3 is 0 Å². The van der Waals surface area contributed by atoms with Crippen molar-refractivity contribution in [1.82, 2.24) is 15.4 Å². The van der Waals surface area contributed by atoms with Crippen LogP contribution in [0.2, 0.25) is 5.15 Å². The second-order valence-electron chi connectivity index (χ2n) is 6.49. The Morgan fingerprint density at radius 3 is 2.22 bits per heavy atom. The van der Waals surface area contributed by atoms with Gasteiger partial charge in [0.05, 0.1) is 11.1 Å². The van der Waals surface area contributed by atoms with E-state index in [0.29, 0.717) is 16.6 Å². The minimum absolute atomic E-state index is 0.0404. The summed E-state index contributed by atoms with van der Waals surface area (Å²) in [6.07, 6.45) is 1.38. The Labute approximate surface area is 166 Å². The molecule has 27 heavy (non-hydrogen) atoms. The lowest BCUT2D eigenvalue weighted by Crippen LogP contribution is -2.56. The van der Waals surface area contributed by atoms with Crippen molar-refractivity contribution in [3.8, 4) is 0 Å². The topological polar surface area (TPSA) is 62.3 Å².